The van der Waals surface area contributed by atoms with Gasteiger partial charge in [0.1, 0.15) is 0 Å². The fourth-order valence-corrected chi connectivity index (χ4v) is 3.75. The molecular formula is C23H32N4O. The Hall–Kier alpha value is -2.53. The average molecular weight is 381 g/mol. The molecule has 2 N–H and O–H groups in total. The van der Waals surface area contributed by atoms with Crippen molar-refractivity contribution in [1.29, 1.82) is 0 Å². The summed E-state index contributed by atoms with van der Waals surface area (Å²) in [7, 11) is 2.17. The van der Waals surface area contributed by atoms with Crippen LogP contribution in [0.25, 0.3) is 0 Å². The number of aryl methyl sites for hydroxylation is 3. The number of hydrogen-bond acceptors (Lipinski definition) is 4. The van der Waals surface area contributed by atoms with Gasteiger partial charge in [0.15, 0.2) is 0 Å². The van der Waals surface area contributed by atoms with Gasteiger partial charge in [0.2, 0.25) is 5.91 Å². The van der Waals surface area contributed by atoms with E-state index in [1.54, 1.807) is 0 Å². The molecule has 0 saturated carbocycles. The molecule has 1 fully saturated rings. The highest BCUT2D eigenvalue weighted by Gasteiger charge is 2.14. The van der Waals surface area contributed by atoms with Gasteiger partial charge in [-0.05, 0) is 63.2 Å². The van der Waals surface area contributed by atoms with Crippen molar-refractivity contribution in [2.24, 2.45) is 0 Å². The number of anilines is 3. The van der Waals surface area contributed by atoms with Crippen LogP contribution in [0.2, 0.25) is 0 Å². The first-order valence-corrected chi connectivity index (χ1v) is 10.1. The molecular weight excluding hydrogens is 348 g/mol. The van der Waals surface area contributed by atoms with Crippen molar-refractivity contribution in [1.82, 2.24) is 4.90 Å². The van der Waals surface area contributed by atoms with E-state index in [1.165, 1.54) is 11.3 Å². The molecule has 1 amide bonds. The Labute approximate surface area is 168 Å². The fraction of sp³-hybridized carbons (Fsp3) is 0.435. The molecule has 28 heavy (non-hydrogen) atoms. The fourth-order valence-electron chi connectivity index (χ4n) is 3.75. The maximum atomic E-state index is 12.3. The van der Waals surface area contributed by atoms with E-state index >= 15 is 0 Å². The largest absolute Gasteiger partial charge is 0.385 e. The van der Waals surface area contributed by atoms with Crippen molar-refractivity contribution in [3.63, 3.8) is 0 Å². The second-order valence-electron chi connectivity index (χ2n) is 7.84. The summed E-state index contributed by atoms with van der Waals surface area (Å²) in [5.41, 5.74) is 6.69. The van der Waals surface area contributed by atoms with Crippen LogP contribution < -0.4 is 15.5 Å². The molecule has 1 aliphatic heterocycles. The van der Waals surface area contributed by atoms with E-state index in [2.05, 4.69) is 70.8 Å². The summed E-state index contributed by atoms with van der Waals surface area (Å²) in [6, 6.07) is 12.7. The first-order valence-electron chi connectivity index (χ1n) is 10.1. The third kappa shape index (κ3) is 5.26. The highest BCUT2D eigenvalue weighted by molar-refractivity contribution is 5.92. The quantitative estimate of drug-likeness (QED) is 0.800. The second kappa shape index (κ2) is 9.11. The lowest BCUT2D eigenvalue weighted by atomic mass is 10.1. The summed E-state index contributed by atoms with van der Waals surface area (Å²) in [5, 5.41) is 6.41. The van der Waals surface area contributed by atoms with Crippen LogP contribution in [-0.4, -0.2) is 50.6 Å². The number of benzene rings is 2. The lowest BCUT2D eigenvalue weighted by molar-refractivity contribution is -0.115. The standard InChI is InChI=1S/C23H32N4O/c1-17-15-18(2)23(19(3)16-17)25-22(28)9-10-24-20-5-7-21(8-6-20)27-13-11-26(4)12-14-27/h5-8,15-16,24H,9-14H2,1-4H3,(H,25,28). The predicted octanol–water partition coefficient (Wildman–Crippen LogP) is 3.80. The summed E-state index contributed by atoms with van der Waals surface area (Å²) in [6.45, 7) is 11.1. The summed E-state index contributed by atoms with van der Waals surface area (Å²) < 4.78 is 0. The van der Waals surface area contributed by atoms with Crippen molar-refractivity contribution in [2.45, 2.75) is 27.2 Å². The molecule has 2 aromatic carbocycles. The minimum absolute atomic E-state index is 0.0385. The van der Waals surface area contributed by atoms with Crippen molar-refractivity contribution < 1.29 is 4.79 Å². The molecule has 2 aromatic rings. The maximum Gasteiger partial charge on any atom is 0.226 e. The molecule has 1 aliphatic rings. The van der Waals surface area contributed by atoms with Crippen molar-refractivity contribution in [3.8, 4) is 0 Å². The normalized spacial score (nSPS) is 14.8. The van der Waals surface area contributed by atoms with Gasteiger partial charge in [-0.1, -0.05) is 17.7 Å². The third-order valence-electron chi connectivity index (χ3n) is 5.36. The van der Waals surface area contributed by atoms with Gasteiger partial charge in [-0.2, -0.15) is 0 Å². The van der Waals surface area contributed by atoms with Crippen LogP contribution in [0.5, 0.6) is 0 Å². The first-order chi connectivity index (χ1) is 13.4. The Morgan fingerprint density at radius 2 is 1.57 bits per heavy atom. The van der Waals surface area contributed by atoms with Crippen LogP contribution in [0.1, 0.15) is 23.1 Å². The molecule has 0 radical (unpaired) electrons. The van der Waals surface area contributed by atoms with Crippen LogP contribution in [0.4, 0.5) is 17.1 Å². The van der Waals surface area contributed by atoms with Gasteiger partial charge in [0.25, 0.3) is 0 Å². The first kappa shape index (κ1) is 20.2. The van der Waals surface area contributed by atoms with E-state index in [0.29, 0.717) is 13.0 Å². The monoisotopic (exact) mass is 380 g/mol. The molecule has 1 heterocycles. The zero-order valence-corrected chi connectivity index (χ0v) is 17.5. The van der Waals surface area contributed by atoms with Gasteiger partial charge in [-0.25, -0.2) is 0 Å². The van der Waals surface area contributed by atoms with Gasteiger partial charge >= 0.3 is 0 Å². The number of rotatable bonds is 6. The topological polar surface area (TPSA) is 47.6 Å². The number of likely N-dealkylation sites (N-methyl/N-ethyl adjacent to an activating group) is 1. The zero-order valence-electron chi connectivity index (χ0n) is 17.5. The third-order valence-corrected chi connectivity index (χ3v) is 5.36. The summed E-state index contributed by atoms with van der Waals surface area (Å²) in [4.78, 5) is 17.1. The van der Waals surface area contributed by atoms with Gasteiger partial charge in [0, 0.05) is 56.2 Å². The van der Waals surface area contributed by atoms with Crippen LogP contribution in [-0.2, 0) is 4.79 Å². The van der Waals surface area contributed by atoms with Gasteiger partial charge in [-0.15, -0.1) is 0 Å². The van der Waals surface area contributed by atoms with Crippen LogP contribution in [0.15, 0.2) is 36.4 Å². The molecule has 0 aromatic heterocycles. The molecule has 0 spiro atoms. The summed E-state index contributed by atoms with van der Waals surface area (Å²) in [5.74, 6) is 0.0385. The van der Waals surface area contributed by atoms with Crippen molar-refractivity contribution >= 4 is 23.0 Å². The number of nitrogens with one attached hydrogen (secondary N) is 2. The Balaban J connectivity index is 1.46. The predicted molar refractivity (Wildman–Crippen MR) is 119 cm³/mol. The minimum atomic E-state index is 0.0385. The molecule has 5 heteroatoms. The molecule has 0 aliphatic carbocycles. The molecule has 0 bridgehead atoms. The average Bonchev–Trinajstić information content (AvgIpc) is 2.66. The van der Waals surface area contributed by atoms with E-state index < -0.39 is 0 Å². The minimum Gasteiger partial charge on any atom is -0.385 e. The summed E-state index contributed by atoms with van der Waals surface area (Å²) in [6.07, 6.45) is 0.437. The molecule has 0 atom stereocenters. The van der Waals surface area contributed by atoms with E-state index in [-0.39, 0.29) is 5.91 Å². The lowest BCUT2D eigenvalue weighted by Crippen LogP contribution is -2.44. The van der Waals surface area contributed by atoms with Gasteiger partial charge in [-0.3, -0.25) is 4.79 Å². The molecule has 150 valence electrons. The van der Waals surface area contributed by atoms with E-state index in [0.717, 1.165) is 48.7 Å². The lowest BCUT2D eigenvalue weighted by Gasteiger charge is -2.34. The number of piperazine rings is 1. The number of carbonyl (C=O) groups is 1. The Morgan fingerprint density at radius 1 is 0.964 bits per heavy atom. The SMILES string of the molecule is Cc1cc(C)c(NC(=O)CCNc2ccc(N3CCN(C)CC3)cc2)c(C)c1. The van der Waals surface area contributed by atoms with Crippen molar-refractivity contribution in [3.05, 3.63) is 53.1 Å². The maximum absolute atomic E-state index is 12.3. The number of hydrogen-bond donors (Lipinski definition) is 2. The summed E-state index contributed by atoms with van der Waals surface area (Å²) >= 11 is 0. The van der Waals surface area contributed by atoms with Crippen LogP contribution in [0, 0.1) is 20.8 Å². The second-order valence-corrected chi connectivity index (χ2v) is 7.84. The number of carbonyl (C=O) groups excluding carboxylic acids is 1. The Morgan fingerprint density at radius 3 is 2.18 bits per heavy atom. The van der Waals surface area contributed by atoms with E-state index in [4.69, 9.17) is 0 Å². The molecule has 1 saturated heterocycles. The molecule has 5 nitrogen and oxygen atoms in total. The zero-order chi connectivity index (χ0) is 20.1. The van der Waals surface area contributed by atoms with Gasteiger partial charge in [0.05, 0.1) is 0 Å². The van der Waals surface area contributed by atoms with Crippen LogP contribution >= 0.6 is 0 Å². The van der Waals surface area contributed by atoms with Crippen molar-refractivity contribution in [2.75, 3.05) is 55.3 Å². The number of amides is 1. The number of nitrogens with zero attached hydrogens (tertiary/aromatic N) is 2. The highest BCUT2D eigenvalue weighted by atomic mass is 16.1. The van der Waals surface area contributed by atoms with Gasteiger partial charge < -0.3 is 20.4 Å². The smallest absolute Gasteiger partial charge is 0.226 e. The highest BCUT2D eigenvalue weighted by Crippen LogP contribution is 2.22. The Bertz CT molecular complexity index is 785. The van der Waals surface area contributed by atoms with E-state index in [1.807, 2.05) is 13.8 Å². The van der Waals surface area contributed by atoms with Crippen LogP contribution in [0.3, 0.4) is 0 Å². The Kier molecular flexibility index (Phi) is 6.57. The molecule has 3 rings (SSSR count). The van der Waals surface area contributed by atoms with E-state index in [9.17, 15) is 4.79 Å². The molecule has 0 unspecified atom stereocenters.